The van der Waals surface area contributed by atoms with Gasteiger partial charge in [0.25, 0.3) is 17.7 Å². The zero-order chi connectivity index (χ0) is 30.0. The number of Topliss-reactive ketones (excluding diaryl/α,β-unsaturated/α-hetero) is 1. The van der Waals surface area contributed by atoms with E-state index in [0.29, 0.717) is 17.4 Å². The molecule has 3 amide bonds. The minimum atomic E-state index is -0.718. The van der Waals surface area contributed by atoms with Gasteiger partial charge >= 0.3 is 5.97 Å². The molecule has 216 valence electrons. The highest BCUT2D eigenvalue weighted by atomic mass is 79.9. The molecule has 1 saturated heterocycles. The summed E-state index contributed by atoms with van der Waals surface area (Å²) in [5, 5.41) is 1.98. The van der Waals surface area contributed by atoms with Gasteiger partial charge in [-0.3, -0.25) is 19.2 Å². The van der Waals surface area contributed by atoms with Gasteiger partial charge in [0.2, 0.25) is 0 Å². The summed E-state index contributed by atoms with van der Waals surface area (Å²) in [5.41, 5.74) is 0.644. The number of halogens is 2. The van der Waals surface area contributed by atoms with E-state index in [0.717, 1.165) is 20.9 Å². The van der Waals surface area contributed by atoms with Crippen molar-refractivity contribution in [2.45, 2.75) is 6.42 Å². The molecule has 0 radical (unpaired) electrons. The first-order valence-corrected chi connectivity index (χ1v) is 15.1. The Kier molecular flexibility index (Phi) is 6.82. The summed E-state index contributed by atoms with van der Waals surface area (Å²) in [5.74, 6) is -2.85. The topological polar surface area (TPSA) is 101 Å². The van der Waals surface area contributed by atoms with Crippen LogP contribution in [0.2, 0.25) is 5.02 Å². The van der Waals surface area contributed by atoms with E-state index < -0.39 is 47.9 Å². The predicted octanol–water partition coefficient (Wildman–Crippen LogP) is 5.61. The second kappa shape index (κ2) is 10.6. The summed E-state index contributed by atoms with van der Waals surface area (Å²) in [6, 6.07) is 18.9. The van der Waals surface area contributed by atoms with Crippen LogP contribution in [-0.4, -0.2) is 46.0 Å². The van der Waals surface area contributed by atoms with E-state index >= 15 is 0 Å². The van der Waals surface area contributed by atoms with Gasteiger partial charge in [-0.15, -0.1) is 0 Å². The summed E-state index contributed by atoms with van der Waals surface area (Å²) in [6.07, 6.45) is 5.10. The van der Waals surface area contributed by atoms with Crippen LogP contribution in [-0.2, 0) is 9.59 Å². The first kappa shape index (κ1) is 27.7. The van der Waals surface area contributed by atoms with Crippen LogP contribution < -0.4 is 4.74 Å². The lowest BCUT2D eigenvalue weighted by Crippen LogP contribution is -2.52. The van der Waals surface area contributed by atoms with E-state index in [2.05, 4.69) is 15.9 Å². The average Bonchev–Trinajstić information content (AvgIpc) is 3.79. The first-order chi connectivity index (χ1) is 20.7. The van der Waals surface area contributed by atoms with Crippen LogP contribution in [0.4, 0.5) is 0 Å². The van der Waals surface area contributed by atoms with Crippen molar-refractivity contribution in [3.05, 3.63) is 111 Å². The molecule has 1 aliphatic heterocycles. The van der Waals surface area contributed by atoms with Crippen LogP contribution >= 0.6 is 27.5 Å². The molecule has 2 saturated carbocycles. The van der Waals surface area contributed by atoms with Gasteiger partial charge in [-0.2, -0.15) is 5.01 Å². The molecule has 5 aliphatic rings. The maximum Gasteiger partial charge on any atom is 0.343 e. The maximum absolute atomic E-state index is 13.9. The zero-order valence-electron chi connectivity index (χ0n) is 22.6. The Morgan fingerprint density at radius 2 is 1.42 bits per heavy atom. The van der Waals surface area contributed by atoms with Crippen molar-refractivity contribution in [3.8, 4) is 5.75 Å². The largest absolute Gasteiger partial charge is 0.423 e. The summed E-state index contributed by atoms with van der Waals surface area (Å²) in [7, 11) is 0. The second-order valence-corrected chi connectivity index (χ2v) is 12.7. The SMILES string of the molecule is O=C(CN(C(=O)c1ccccc1Cl)N1C(=O)[C@@H]2[C@H]3C=C[C@@H]([C@@H]4C[C@@H]34)[C@@H]2C1=O)c1ccc(OC(=O)c2ccc(Br)cc2)cc1. The van der Waals surface area contributed by atoms with Gasteiger partial charge in [-0.25, -0.2) is 9.80 Å². The number of hydrazine groups is 1. The summed E-state index contributed by atoms with van der Waals surface area (Å²) in [6.45, 7) is -0.561. The molecule has 2 bridgehead atoms. The monoisotopic (exact) mass is 658 g/mol. The molecule has 3 fully saturated rings. The molecule has 8 rings (SSSR count). The molecule has 10 heteroatoms. The summed E-state index contributed by atoms with van der Waals surface area (Å²) in [4.78, 5) is 67.6. The molecule has 1 heterocycles. The average molecular weight is 660 g/mol. The highest BCUT2D eigenvalue weighted by Crippen LogP contribution is 2.65. The van der Waals surface area contributed by atoms with Crippen LogP contribution in [0.25, 0.3) is 0 Å². The minimum absolute atomic E-state index is 0.0397. The molecule has 6 atom stereocenters. The molecule has 0 unspecified atom stereocenters. The number of carbonyl (C=O) groups is 5. The number of rotatable bonds is 7. The minimum Gasteiger partial charge on any atom is -0.423 e. The molecule has 4 aliphatic carbocycles. The fraction of sp³-hybridized carbons (Fsp3) is 0.242. The second-order valence-electron chi connectivity index (χ2n) is 11.3. The Morgan fingerprint density at radius 1 is 0.837 bits per heavy atom. The standard InChI is InChI=1S/C33H24BrClN2O6/c34-19-9-5-18(6-10-19)33(42)43-20-11-7-17(8-12-20)27(38)16-36(30(39)23-3-1-2-4-26(23)35)37-31(40)28-21-13-14-22(25-15-24(21)25)29(28)32(37)41/h1-14,21-22,24-25,28-29H,15-16H2/t21-,22-,24-,25-,28-,29+/m0/s1. The molecule has 0 N–H and O–H groups in total. The molecular formula is C33H24BrClN2O6. The molecule has 8 nitrogen and oxygen atoms in total. The number of esters is 1. The number of carbonyl (C=O) groups excluding carboxylic acids is 5. The number of benzene rings is 3. The molecule has 0 aromatic heterocycles. The van der Waals surface area contributed by atoms with E-state index in [1.165, 1.54) is 36.4 Å². The molecule has 3 aromatic carbocycles. The van der Waals surface area contributed by atoms with Crippen LogP contribution in [0.1, 0.15) is 37.5 Å². The van der Waals surface area contributed by atoms with Crippen molar-refractivity contribution in [1.29, 1.82) is 0 Å². The van der Waals surface area contributed by atoms with Crippen LogP contribution in [0.3, 0.4) is 0 Å². The normalized spacial score (nSPS) is 26.1. The van der Waals surface area contributed by atoms with E-state index in [-0.39, 0.29) is 33.7 Å². The van der Waals surface area contributed by atoms with Crippen LogP contribution in [0, 0.1) is 35.5 Å². The van der Waals surface area contributed by atoms with Gasteiger partial charge in [0.1, 0.15) is 12.3 Å². The lowest BCUT2D eigenvalue weighted by Gasteiger charge is -2.37. The van der Waals surface area contributed by atoms with Crippen LogP contribution in [0.15, 0.2) is 89.4 Å². The number of imide groups is 1. The van der Waals surface area contributed by atoms with Gasteiger partial charge in [0.15, 0.2) is 5.78 Å². The van der Waals surface area contributed by atoms with Crippen molar-refractivity contribution < 1.29 is 28.7 Å². The third kappa shape index (κ3) is 4.71. The highest BCUT2D eigenvalue weighted by Gasteiger charge is 2.68. The number of hydrogen-bond acceptors (Lipinski definition) is 6. The lowest BCUT2D eigenvalue weighted by molar-refractivity contribution is -0.154. The number of nitrogens with zero attached hydrogens (tertiary/aromatic N) is 2. The van der Waals surface area contributed by atoms with Crippen molar-refractivity contribution >= 4 is 57.0 Å². The van der Waals surface area contributed by atoms with Gasteiger partial charge in [-0.1, -0.05) is 51.8 Å². The Balaban J connectivity index is 1.14. The number of ketones is 1. The number of amides is 3. The summed E-state index contributed by atoms with van der Waals surface area (Å²) < 4.78 is 6.24. The van der Waals surface area contributed by atoms with Crippen molar-refractivity contribution in [2.24, 2.45) is 35.5 Å². The number of allylic oxidation sites excluding steroid dienone is 2. The predicted molar refractivity (Wildman–Crippen MR) is 159 cm³/mol. The van der Waals surface area contributed by atoms with E-state index in [1.807, 2.05) is 12.2 Å². The Labute approximate surface area is 260 Å². The zero-order valence-corrected chi connectivity index (χ0v) is 24.9. The quantitative estimate of drug-likeness (QED) is 0.107. The Hall–Kier alpha value is -4.08. The third-order valence-corrected chi connectivity index (χ3v) is 9.84. The van der Waals surface area contributed by atoms with Crippen molar-refractivity contribution in [2.75, 3.05) is 6.54 Å². The fourth-order valence-electron chi connectivity index (χ4n) is 6.87. The van der Waals surface area contributed by atoms with Crippen LogP contribution in [0.5, 0.6) is 5.75 Å². The lowest BCUT2D eigenvalue weighted by atomic mass is 9.63. The molecular weight excluding hydrogens is 636 g/mol. The molecule has 3 aromatic rings. The van der Waals surface area contributed by atoms with Gasteiger partial charge in [-0.05, 0) is 90.8 Å². The first-order valence-electron chi connectivity index (χ1n) is 14.0. The molecule has 43 heavy (non-hydrogen) atoms. The Morgan fingerprint density at radius 3 is 2.02 bits per heavy atom. The maximum atomic E-state index is 13.9. The number of hydrogen-bond donors (Lipinski definition) is 0. The van der Waals surface area contributed by atoms with E-state index in [9.17, 15) is 24.0 Å². The third-order valence-electron chi connectivity index (χ3n) is 8.98. The van der Waals surface area contributed by atoms with Crippen molar-refractivity contribution in [1.82, 2.24) is 10.0 Å². The highest BCUT2D eigenvalue weighted by molar-refractivity contribution is 9.10. The number of ether oxygens (including phenoxy) is 1. The fourth-order valence-corrected chi connectivity index (χ4v) is 7.36. The smallest absolute Gasteiger partial charge is 0.343 e. The van der Waals surface area contributed by atoms with E-state index in [4.69, 9.17) is 16.3 Å². The molecule has 0 spiro atoms. The van der Waals surface area contributed by atoms with Crippen molar-refractivity contribution in [3.63, 3.8) is 0 Å². The van der Waals surface area contributed by atoms with Gasteiger partial charge < -0.3 is 4.74 Å². The van der Waals surface area contributed by atoms with Gasteiger partial charge in [0.05, 0.1) is 28.0 Å². The van der Waals surface area contributed by atoms with E-state index in [1.54, 1.807) is 36.4 Å². The Bertz CT molecular complexity index is 1690. The summed E-state index contributed by atoms with van der Waals surface area (Å²) >= 11 is 9.66. The van der Waals surface area contributed by atoms with Gasteiger partial charge in [0, 0.05) is 10.0 Å².